The fraction of sp³-hybridized carbons (Fsp3) is 0.278. The van der Waals surface area contributed by atoms with Gasteiger partial charge in [0, 0.05) is 38.6 Å². The van der Waals surface area contributed by atoms with Crippen molar-refractivity contribution in [2.45, 2.75) is 6.92 Å². The summed E-state index contributed by atoms with van der Waals surface area (Å²) in [5.74, 6) is 2.69. The topological polar surface area (TPSA) is 70.9 Å². The van der Waals surface area contributed by atoms with Gasteiger partial charge in [-0.25, -0.2) is 9.97 Å². The summed E-state index contributed by atoms with van der Waals surface area (Å²) >= 11 is 0. The van der Waals surface area contributed by atoms with E-state index in [1.54, 1.807) is 6.20 Å². The van der Waals surface area contributed by atoms with Gasteiger partial charge in [-0.3, -0.25) is 4.98 Å². The van der Waals surface area contributed by atoms with E-state index >= 15 is 0 Å². The van der Waals surface area contributed by atoms with Crippen LogP contribution in [0.2, 0.25) is 0 Å². The number of hydrogen-bond acceptors (Lipinski definition) is 7. The molecule has 0 amide bonds. The lowest BCUT2D eigenvalue weighted by molar-refractivity contribution is 0.636. The van der Waals surface area contributed by atoms with Gasteiger partial charge in [0.15, 0.2) is 5.82 Å². The molecule has 0 spiro atoms. The maximum atomic E-state index is 4.50. The minimum atomic E-state index is 0.791. The minimum absolute atomic E-state index is 0.791. The van der Waals surface area contributed by atoms with E-state index in [1.807, 2.05) is 49.5 Å². The first kappa shape index (κ1) is 15.4. The Morgan fingerprint density at radius 3 is 2.16 bits per heavy atom. The zero-order chi connectivity index (χ0) is 17.1. The second kappa shape index (κ2) is 6.80. The Hall–Kier alpha value is -3.09. The summed E-state index contributed by atoms with van der Waals surface area (Å²) in [4.78, 5) is 17.5. The molecule has 0 N–H and O–H groups in total. The summed E-state index contributed by atoms with van der Waals surface area (Å²) in [7, 11) is 0. The van der Waals surface area contributed by atoms with Gasteiger partial charge in [0.05, 0.1) is 5.69 Å². The number of pyridine rings is 1. The number of aryl methyl sites for hydroxylation is 1. The van der Waals surface area contributed by atoms with Crippen LogP contribution in [0.1, 0.15) is 5.82 Å². The molecule has 7 heteroatoms. The van der Waals surface area contributed by atoms with Crippen LogP contribution in [-0.2, 0) is 0 Å². The van der Waals surface area contributed by atoms with Crippen molar-refractivity contribution in [1.82, 2.24) is 25.1 Å². The van der Waals surface area contributed by atoms with E-state index in [2.05, 4.69) is 34.9 Å². The molecular weight excluding hydrogens is 314 g/mol. The van der Waals surface area contributed by atoms with Crippen LogP contribution in [0, 0.1) is 6.92 Å². The molecule has 4 rings (SSSR count). The Morgan fingerprint density at radius 2 is 1.52 bits per heavy atom. The summed E-state index contributed by atoms with van der Waals surface area (Å²) in [5, 5.41) is 8.71. The predicted molar refractivity (Wildman–Crippen MR) is 96.5 cm³/mol. The average molecular weight is 333 g/mol. The number of anilines is 2. The number of piperazine rings is 1. The molecule has 3 aromatic heterocycles. The zero-order valence-electron chi connectivity index (χ0n) is 14.1. The van der Waals surface area contributed by atoms with Crippen LogP contribution in [0.4, 0.5) is 11.6 Å². The van der Waals surface area contributed by atoms with E-state index in [0.29, 0.717) is 0 Å². The van der Waals surface area contributed by atoms with E-state index < -0.39 is 0 Å². The molecule has 3 aromatic rings. The van der Waals surface area contributed by atoms with Gasteiger partial charge in [-0.05, 0) is 37.3 Å². The Labute approximate surface area is 146 Å². The Bertz CT molecular complexity index is 828. The van der Waals surface area contributed by atoms with Crippen molar-refractivity contribution in [1.29, 1.82) is 0 Å². The van der Waals surface area contributed by atoms with Crippen LogP contribution in [0.25, 0.3) is 11.4 Å². The highest BCUT2D eigenvalue weighted by Gasteiger charge is 2.19. The van der Waals surface area contributed by atoms with Crippen LogP contribution >= 0.6 is 0 Å². The SMILES string of the molecule is Cc1nccc(N2CCN(c3ccc(-c4ccccn4)nn3)CC2)n1. The highest BCUT2D eigenvalue weighted by Crippen LogP contribution is 2.19. The highest BCUT2D eigenvalue weighted by atomic mass is 15.3. The molecule has 1 aliphatic heterocycles. The third kappa shape index (κ3) is 3.40. The van der Waals surface area contributed by atoms with Gasteiger partial charge in [0.1, 0.15) is 17.3 Å². The molecular formula is C18H19N7. The molecule has 1 fully saturated rings. The standard InChI is InChI=1S/C18H19N7/c1-14-19-9-7-17(21-14)24-10-12-25(13-11-24)18-6-5-16(22-23-18)15-4-2-3-8-20-15/h2-9H,10-13H2,1H3. The third-order valence-corrected chi connectivity index (χ3v) is 4.27. The fourth-order valence-corrected chi connectivity index (χ4v) is 2.93. The fourth-order valence-electron chi connectivity index (χ4n) is 2.93. The number of nitrogens with zero attached hydrogens (tertiary/aromatic N) is 7. The lowest BCUT2D eigenvalue weighted by Crippen LogP contribution is -2.47. The van der Waals surface area contributed by atoms with Crippen LogP contribution in [-0.4, -0.2) is 51.3 Å². The average Bonchev–Trinajstić information content (AvgIpc) is 2.69. The number of hydrogen-bond donors (Lipinski definition) is 0. The van der Waals surface area contributed by atoms with Gasteiger partial charge in [-0.15, -0.1) is 10.2 Å². The molecule has 0 bridgehead atoms. The van der Waals surface area contributed by atoms with E-state index in [0.717, 1.165) is 55.0 Å². The maximum Gasteiger partial charge on any atom is 0.151 e. The lowest BCUT2D eigenvalue weighted by atomic mass is 10.2. The van der Waals surface area contributed by atoms with Gasteiger partial charge in [-0.1, -0.05) is 6.07 Å². The monoisotopic (exact) mass is 333 g/mol. The molecule has 0 aromatic carbocycles. The molecule has 1 saturated heterocycles. The van der Waals surface area contributed by atoms with Gasteiger partial charge in [-0.2, -0.15) is 0 Å². The molecule has 0 aliphatic carbocycles. The van der Waals surface area contributed by atoms with Crippen LogP contribution in [0.3, 0.4) is 0 Å². The summed E-state index contributed by atoms with van der Waals surface area (Å²) in [6.45, 7) is 5.50. The molecule has 7 nitrogen and oxygen atoms in total. The van der Waals surface area contributed by atoms with Crippen molar-refractivity contribution in [3.8, 4) is 11.4 Å². The van der Waals surface area contributed by atoms with Gasteiger partial charge in [0.2, 0.25) is 0 Å². The number of aromatic nitrogens is 5. The first-order valence-electron chi connectivity index (χ1n) is 8.34. The second-order valence-corrected chi connectivity index (χ2v) is 5.93. The molecule has 0 atom stereocenters. The summed E-state index contributed by atoms with van der Waals surface area (Å²) in [6, 6.07) is 11.7. The second-order valence-electron chi connectivity index (χ2n) is 5.93. The normalized spacial score (nSPS) is 14.6. The van der Waals surface area contributed by atoms with Gasteiger partial charge < -0.3 is 9.80 Å². The molecule has 4 heterocycles. The highest BCUT2D eigenvalue weighted by molar-refractivity contribution is 5.55. The molecule has 25 heavy (non-hydrogen) atoms. The smallest absolute Gasteiger partial charge is 0.151 e. The lowest BCUT2D eigenvalue weighted by Gasteiger charge is -2.35. The first-order valence-corrected chi connectivity index (χ1v) is 8.34. The van der Waals surface area contributed by atoms with E-state index in [9.17, 15) is 0 Å². The molecule has 0 saturated carbocycles. The van der Waals surface area contributed by atoms with Crippen molar-refractivity contribution < 1.29 is 0 Å². The zero-order valence-corrected chi connectivity index (χ0v) is 14.1. The van der Waals surface area contributed by atoms with E-state index in [4.69, 9.17) is 0 Å². The third-order valence-electron chi connectivity index (χ3n) is 4.27. The minimum Gasteiger partial charge on any atom is -0.353 e. The molecule has 0 unspecified atom stereocenters. The van der Waals surface area contributed by atoms with E-state index in [1.165, 1.54) is 0 Å². The van der Waals surface area contributed by atoms with Crippen LogP contribution < -0.4 is 9.80 Å². The summed E-state index contributed by atoms with van der Waals surface area (Å²) in [6.07, 6.45) is 3.57. The number of rotatable bonds is 3. The van der Waals surface area contributed by atoms with Gasteiger partial charge in [0.25, 0.3) is 0 Å². The molecule has 1 aliphatic rings. The van der Waals surface area contributed by atoms with E-state index in [-0.39, 0.29) is 0 Å². The Morgan fingerprint density at radius 1 is 0.720 bits per heavy atom. The Balaban J connectivity index is 1.42. The molecule has 0 radical (unpaired) electrons. The van der Waals surface area contributed by atoms with Crippen LogP contribution in [0.15, 0.2) is 48.8 Å². The summed E-state index contributed by atoms with van der Waals surface area (Å²) < 4.78 is 0. The van der Waals surface area contributed by atoms with Crippen LogP contribution in [0.5, 0.6) is 0 Å². The van der Waals surface area contributed by atoms with Crippen molar-refractivity contribution >= 4 is 11.6 Å². The molecule has 126 valence electrons. The van der Waals surface area contributed by atoms with Crippen molar-refractivity contribution in [3.05, 3.63) is 54.6 Å². The predicted octanol–water partition coefficient (Wildman–Crippen LogP) is 1.96. The Kier molecular flexibility index (Phi) is 4.20. The quantitative estimate of drug-likeness (QED) is 0.725. The first-order chi connectivity index (χ1) is 12.3. The summed E-state index contributed by atoms with van der Waals surface area (Å²) in [5.41, 5.74) is 1.63. The van der Waals surface area contributed by atoms with Crippen molar-refractivity contribution in [2.75, 3.05) is 36.0 Å². The maximum absolute atomic E-state index is 4.50. The van der Waals surface area contributed by atoms with Gasteiger partial charge >= 0.3 is 0 Å². The van der Waals surface area contributed by atoms with Crippen molar-refractivity contribution in [3.63, 3.8) is 0 Å². The van der Waals surface area contributed by atoms with Crippen molar-refractivity contribution in [2.24, 2.45) is 0 Å². The largest absolute Gasteiger partial charge is 0.353 e.